The van der Waals surface area contributed by atoms with Crippen LogP contribution in [0.1, 0.15) is 23.0 Å². The summed E-state index contributed by atoms with van der Waals surface area (Å²) in [5.74, 6) is 0.0778. The number of benzene rings is 1. The van der Waals surface area contributed by atoms with Gasteiger partial charge >= 0.3 is 0 Å². The summed E-state index contributed by atoms with van der Waals surface area (Å²) in [5.41, 5.74) is 3.43. The average Bonchev–Trinajstić information content (AvgIpc) is 2.50. The van der Waals surface area contributed by atoms with E-state index in [1.807, 2.05) is 12.1 Å². The molecule has 4 nitrogen and oxygen atoms in total. The van der Waals surface area contributed by atoms with Gasteiger partial charge in [0.25, 0.3) is 0 Å². The van der Waals surface area contributed by atoms with Crippen LogP contribution in [0.3, 0.4) is 0 Å². The van der Waals surface area contributed by atoms with Crippen molar-refractivity contribution in [1.82, 2.24) is 0 Å². The molecule has 0 N–H and O–H groups in total. The lowest BCUT2D eigenvalue weighted by Crippen LogP contribution is -2.24. The highest BCUT2D eigenvalue weighted by atomic mass is 14.8. The first-order valence-electron chi connectivity index (χ1n) is 5.90. The van der Waals surface area contributed by atoms with Gasteiger partial charge in [-0.3, -0.25) is 9.69 Å². The van der Waals surface area contributed by atoms with E-state index in [1.165, 1.54) is 0 Å². The third-order valence-electron chi connectivity index (χ3n) is 3.75. The standard InChI is InChI=1S/C16H6N4/c1-19-15-5-13-11-3-9(7-17)10(8-18)4-12(11)14(13)6-16(15)20-2/h3-6,11-12H/t11-,12+. The van der Waals surface area contributed by atoms with Crippen molar-refractivity contribution < 1.29 is 0 Å². The molecule has 0 aromatic heterocycles. The fourth-order valence-corrected chi connectivity index (χ4v) is 2.78. The summed E-state index contributed by atoms with van der Waals surface area (Å²) in [4.78, 5) is 6.74. The van der Waals surface area contributed by atoms with E-state index in [0.717, 1.165) is 11.1 Å². The molecule has 0 radical (unpaired) electrons. The highest BCUT2D eigenvalue weighted by Crippen LogP contribution is 2.54. The summed E-state index contributed by atoms with van der Waals surface area (Å²) >= 11 is 0. The van der Waals surface area contributed by atoms with Gasteiger partial charge in [0.2, 0.25) is 0 Å². The Balaban J connectivity index is 2.17. The van der Waals surface area contributed by atoms with Crippen molar-refractivity contribution in [2.45, 2.75) is 11.8 Å². The number of nitriles is 2. The maximum absolute atomic E-state index is 9.05. The molecule has 2 aliphatic rings. The molecule has 20 heavy (non-hydrogen) atoms. The second-order valence-corrected chi connectivity index (χ2v) is 4.63. The molecular formula is C16H6N4. The lowest BCUT2D eigenvalue weighted by Gasteiger charge is -2.39. The number of allylic oxidation sites excluding steroid dienone is 4. The maximum Gasteiger partial charge on any atom is 0.194 e. The van der Waals surface area contributed by atoms with Crippen molar-refractivity contribution in [3.8, 4) is 12.1 Å². The first-order chi connectivity index (χ1) is 9.73. The first kappa shape index (κ1) is 11.7. The SMILES string of the molecule is [C-]#[N+]c1cc2c(cc1[N+]#[C-])[C@@H]1C=C(C#N)C(C#N)=C[C@H]21. The topological polar surface area (TPSA) is 56.3 Å². The van der Waals surface area contributed by atoms with E-state index in [0.29, 0.717) is 22.5 Å². The Kier molecular flexibility index (Phi) is 2.40. The van der Waals surface area contributed by atoms with Gasteiger partial charge in [0, 0.05) is 11.8 Å². The van der Waals surface area contributed by atoms with Crippen LogP contribution in [0.15, 0.2) is 35.4 Å². The summed E-state index contributed by atoms with van der Waals surface area (Å²) in [7, 11) is 0. The molecule has 0 bridgehead atoms. The average molecular weight is 254 g/mol. The van der Waals surface area contributed by atoms with Gasteiger partial charge in [0.05, 0.1) is 24.3 Å². The van der Waals surface area contributed by atoms with Gasteiger partial charge in [-0.1, -0.05) is 24.3 Å². The molecule has 0 aliphatic heterocycles. The number of hydrogen-bond donors (Lipinski definition) is 0. The molecular weight excluding hydrogens is 248 g/mol. The minimum absolute atomic E-state index is 0.0389. The molecule has 1 aromatic rings. The van der Waals surface area contributed by atoms with Crippen LogP contribution in [0, 0.1) is 35.8 Å². The highest BCUT2D eigenvalue weighted by molar-refractivity contribution is 5.77. The first-order valence-corrected chi connectivity index (χ1v) is 5.90. The van der Waals surface area contributed by atoms with E-state index >= 15 is 0 Å². The predicted octanol–water partition coefficient (Wildman–Crippen LogP) is 3.88. The minimum Gasteiger partial charge on any atom is -0.250 e. The third-order valence-corrected chi connectivity index (χ3v) is 3.75. The second-order valence-electron chi connectivity index (χ2n) is 4.63. The monoisotopic (exact) mass is 254 g/mol. The molecule has 0 spiro atoms. The molecule has 2 aliphatic carbocycles. The van der Waals surface area contributed by atoms with E-state index < -0.39 is 0 Å². The summed E-state index contributed by atoms with van der Waals surface area (Å²) < 4.78 is 0. The highest BCUT2D eigenvalue weighted by Gasteiger charge is 2.38. The fraction of sp³-hybridized carbons (Fsp3) is 0.125. The summed E-state index contributed by atoms with van der Waals surface area (Å²) in [5, 5.41) is 18.1. The molecule has 0 amide bonds. The van der Waals surface area contributed by atoms with Crippen LogP contribution in [0.5, 0.6) is 0 Å². The van der Waals surface area contributed by atoms with Crippen molar-refractivity contribution in [3.05, 3.63) is 69.4 Å². The van der Waals surface area contributed by atoms with Gasteiger partial charge in [0.1, 0.15) is 12.1 Å². The third kappa shape index (κ3) is 1.37. The Bertz CT molecular complexity index is 787. The molecule has 0 saturated carbocycles. The normalized spacial score (nSPS) is 21.4. The van der Waals surface area contributed by atoms with Gasteiger partial charge in [0.15, 0.2) is 11.4 Å². The smallest absolute Gasteiger partial charge is 0.194 e. The summed E-state index contributed by atoms with van der Waals surface area (Å²) in [6, 6.07) is 7.53. The van der Waals surface area contributed by atoms with Gasteiger partial charge in [-0.15, -0.1) is 0 Å². The molecule has 0 fully saturated rings. The number of rotatable bonds is 0. The van der Waals surface area contributed by atoms with Gasteiger partial charge < -0.3 is 0 Å². The molecule has 90 valence electrons. The van der Waals surface area contributed by atoms with Crippen LogP contribution in [0.4, 0.5) is 11.4 Å². The summed E-state index contributed by atoms with van der Waals surface area (Å²) in [6.45, 7) is 14.2. The molecule has 4 heteroatoms. The maximum atomic E-state index is 9.05. The fourth-order valence-electron chi connectivity index (χ4n) is 2.78. The van der Waals surface area contributed by atoms with Crippen molar-refractivity contribution in [2.75, 3.05) is 0 Å². The Labute approximate surface area is 116 Å². The van der Waals surface area contributed by atoms with Gasteiger partial charge in [-0.2, -0.15) is 10.5 Å². The van der Waals surface area contributed by atoms with Crippen LogP contribution < -0.4 is 0 Å². The van der Waals surface area contributed by atoms with Crippen molar-refractivity contribution in [2.24, 2.45) is 0 Å². The van der Waals surface area contributed by atoms with E-state index in [-0.39, 0.29) is 11.8 Å². The lowest BCUT2D eigenvalue weighted by atomic mass is 9.64. The number of hydrogen-bond acceptors (Lipinski definition) is 2. The number of nitrogens with zero attached hydrogens (tertiary/aromatic N) is 4. The van der Waals surface area contributed by atoms with Gasteiger partial charge in [-0.25, -0.2) is 0 Å². The zero-order valence-corrected chi connectivity index (χ0v) is 10.3. The van der Waals surface area contributed by atoms with Crippen LogP contribution in [0.2, 0.25) is 0 Å². The van der Waals surface area contributed by atoms with E-state index in [4.69, 9.17) is 23.7 Å². The predicted molar refractivity (Wildman–Crippen MR) is 71.8 cm³/mol. The van der Waals surface area contributed by atoms with Crippen molar-refractivity contribution >= 4 is 11.4 Å². The molecule has 2 atom stereocenters. The van der Waals surface area contributed by atoms with Crippen molar-refractivity contribution in [3.63, 3.8) is 0 Å². The Hall–Kier alpha value is -3.34. The Morgan fingerprint density at radius 2 is 1.25 bits per heavy atom. The van der Waals surface area contributed by atoms with E-state index in [2.05, 4.69) is 9.69 Å². The Morgan fingerprint density at radius 1 is 0.850 bits per heavy atom. The minimum atomic E-state index is 0.0389. The van der Waals surface area contributed by atoms with Crippen LogP contribution >= 0.6 is 0 Å². The second kappa shape index (κ2) is 4.10. The molecule has 3 rings (SSSR count). The van der Waals surface area contributed by atoms with Crippen LogP contribution in [0.25, 0.3) is 9.69 Å². The molecule has 0 saturated heterocycles. The zero-order valence-electron chi connectivity index (χ0n) is 10.3. The van der Waals surface area contributed by atoms with E-state index in [1.54, 1.807) is 24.3 Å². The largest absolute Gasteiger partial charge is 0.250 e. The van der Waals surface area contributed by atoms with E-state index in [9.17, 15) is 0 Å². The van der Waals surface area contributed by atoms with Crippen LogP contribution in [-0.2, 0) is 0 Å². The zero-order chi connectivity index (χ0) is 14.3. The Morgan fingerprint density at radius 3 is 1.55 bits per heavy atom. The molecule has 0 unspecified atom stereocenters. The number of fused-ring (bicyclic) bond motifs is 4. The molecule has 1 aromatic carbocycles. The van der Waals surface area contributed by atoms with Crippen LogP contribution in [-0.4, -0.2) is 0 Å². The van der Waals surface area contributed by atoms with Crippen molar-refractivity contribution in [1.29, 1.82) is 10.5 Å². The summed E-state index contributed by atoms with van der Waals surface area (Å²) in [6.07, 6.45) is 3.58. The lowest BCUT2D eigenvalue weighted by molar-refractivity contribution is 0.632. The molecule has 0 heterocycles. The quantitative estimate of drug-likeness (QED) is 0.659. The van der Waals surface area contributed by atoms with Gasteiger partial charge in [-0.05, 0) is 11.1 Å².